The van der Waals surface area contributed by atoms with Gasteiger partial charge in [0.1, 0.15) is 5.92 Å². The molecular weight excluding hydrogens is 261 g/mol. The highest BCUT2D eigenvalue weighted by Gasteiger charge is 2.24. The van der Waals surface area contributed by atoms with Gasteiger partial charge in [-0.25, -0.2) is 0 Å². The highest BCUT2D eigenvalue weighted by atomic mass is 32.2. The van der Waals surface area contributed by atoms with Crippen LogP contribution >= 0.6 is 21.3 Å². The molecule has 0 aliphatic heterocycles. The number of aliphatic carboxylic acids is 1. The Morgan fingerprint density at radius 2 is 2.06 bits per heavy atom. The zero-order valence-corrected chi connectivity index (χ0v) is 11.6. The fourth-order valence-corrected chi connectivity index (χ4v) is 1.79. The number of amides is 1. The molecule has 0 fully saturated rings. The lowest BCUT2D eigenvalue weighted by Crippen LogP contribution is -2.30. The predicted octanol–water partition coefficient (Wildman–Crippen LogP) is -0.0397. The van der Waals surface area contributed by atoms with E-state index < -0.39 is 17.8 Å². The highest BCUT2D eigenvalue weighted by Crippen LogP contribution is 2.09. The second kappa shape index (κ2) is 10.8. The lowest BCUT2D eigenvalue weighted by Gasteiger charge is -2.10. The van der Waals surface area contributed by atoms with Crippen molar-refractivity contribution in [3.8, 4) is 0 Å². The Bertz CT molecular complexity index is 244. The second-order valence-electron chi connectivity index (χ2n) is 3.52. The van der Waals surface area contributed by atoms with Crippen molar-refractivity contribution in [3.63, 3.8) is 0 Å². The minimum atomic E-state index is -1.07. The number of carboxylic acid groups (broad SMARTS) is 1. The molecule has 0 spiro atoms. The Labute approximate surface area is 108 Å². The average Bonchev–Trinajstić information content (AvgIpc) is 2.31. The van der Waals surface area contributed by atoms with Gasteiger partial charge in [-0.3, -0.25) is 14.7 Å². The van der Waals surface area contributed by atoms with Crippen molar-refractivity contribution in [1.29, 1.82) is 0 Å². The van der Waals surface area contributed by atoms with Gasteiger partial charge < -0.3 is 15.5 Å². The smallest absolute Gasteiger partial charge is 0.316 e. The Hall–Kier alpha value is -0.360. The van der Waals surface area contributed by atoms with Crippen LogP contribution in [0.2, 0.25) is 0 Å². The first kappa shape index (κ1) is 16.6. The van der Waals surface area contributed by atoms with Crippen LogP contribution in [0.5, 0.6) is 0 Å². The maximum Gasteiger partial charge on any atom is 0.316 e. The third-order valence-electron chi connectivity index (χ3n) is 2.25. The van der Waals surface area contributed by atoms with E-state index >= 15 is 0 Å². The number of carbonyl (C=O) groups is 2. The van der Waals surface area contributed by atoms with E-state index in [0.29, 0.717) is 12.8 Å². The minimum absolute atomic E-state index is 0.364. The van der Waals surface area contributed by atoms with Gasteiger partial charge in [0, 0.05) is 12.3 Å². The van der Waals surface area contributed by atoms with E-state index in [9.17, 15) is 9.59 Å². The highest BCUT2D eigenvalue weighted by molar-refractivity contribution is 7.97. The van der Waals surface area contributed by atoms with Gasteiger partial charge in [-0.05, 0) is 28.8 Å². The van der Waals surface area contributed by atoms with E-state index in [4.69, 9.17) is 10.2 Å². The number of carbonyl (C=O) groups excluding carboxylic acids is 1. The molecule has 5 N–H and O–H groups in total. The summed E-state index contributed by atoms with van der Waals surface area (Å²) in [7, 11) is 2.03. The van der Waals surface area contributed by atoms with Crippen LogP contribution in [0.15, 0.2) is 0 Å². The van der Waals surface area contributed by atoms with Crippen molar-refractivity contribution in [2.45, 2.75) is 19.3 Å². The number of unbranched alkanes of at least 4 members (excludes halogenated alkanes) is 1. The maximum absolute atomic E-state index is 11.2. The molecule has 8 heteroatoms. The summed E-state index contributed by atoms with van der Waals surface area (Å²) in [4.78, 5) is 22.0. The molecule has 0 aliphatic rings. The Kier molecular flexibility index (Phi) is 10.5. The number of hydrogen-bond acceptors (Lipinski definition) is 5. The van der Waals surface area contributed by atoms with Crippen molar-refractivity contribution >= 4 is 33.2 Å². The summed E-state index contributed by atoms with van der Waals surface area (Å²) in [5, 5.41) is 19.6. The topological polar surface area (TPSA) is 104 Å². The van der Waals surface area contributed by atoms with Gasteiger partial charge in [0.05, 0.1) is 0 Å². The average molecular weight is 281 g/mol. The summed E-state index contributed by atoms with van der Waals surface area (Å²) < 4.78 is 0. The fourth-order valence-electron chi connectivity index (χ4n) is 1.32. The van der Waals surface area contributed by atoms with E-state index in [1.807, 2.05) is 9.39 Å². The minimum Gasteiger partial charge on any atom is -0.481 e. The summed E-state index contributed by atoms with van der Waals surface area (Å²) in [6, 6.07) is 0. The second-order valence-corrected chi connectivity index (χ2v) is 4.55. The van der Waals surface area contributed by atoms with E-state index in [1.54, 1.807) is 0 Å². The molecule has 0 rings (SSSR count). The summed E-state index contributed by atoms with van der Waals surface area (Å²) in [6.07, 6.45) is 1.92. The third kappa shape index (κ3) is 8.37. The quantitative estimate of drug-likeness (QED) is 0.194. The van der Waals surface area contributed by atoms with Crippen molar-refractivity contribution < 1.29 is 14.7 Å². The Morgan fingerprint density at radius 1 is 1.35 bits per heavy atom. The summed E-state index contributed by atoms with van der Waals surface area (Å²) >= 11 is 1.29. The monoisotopic (exact) mass is 281 g/mol. The van der Waals surface area contributed by atoms with Gasteiger partial charge in [0.25, 0.3) is 0 Å². The van der Waals surface area contributed by atoms with E-state index in [0.717, 1.165) is 25.3 Å². The van der Waals surface area contributed by atoms with Crippen LogP contribution in [0.4, 0.5) is 0 Å². The molecule has 0 aliphatic carbocycles. The molecule has 0 aromatic carbocycles. The first-order valence-corrected chi connectivity index (χ1v) is 7.01. The van der Waals surface area contributed by atoms with E-state index in [2.05, 4.69) is 10.4 Å². The fraction of sp³-hybridized carbons (Fsp3) is 0.778. The Balaban J connectivity index is 3.62. The molecule has 0 aromatic rings. The lowest BCUT2D eigenvalue weighted by molar-refractivity contribution is -0.146. The molecule has 2 unspecified atom stereocenters. The number of carboxylic acids is 1. The number of rotatable bonds is 10. The number of hydrogen-bond donors (Lipinski definition) is 4. The molecule has 6 nitrogen and oxygen atoms in total. The van der Waals surface area contributed by atoms with Gasteiger partial charge in [-0.2, -0.15) is 0 Å². The maximum atomic E-state index is 11.2. The van der Waals surface area contributed by atoms with Crippen LogP contribution in [0, 0.1) is 5.92 Å². The van der Waals surface area contributed by atoms with Gasteiger partial charge >= 0.3 is 5.97 Å². The van der Waals surface area contributed by atoms with Gasteiger partial charge in [0.15, 0.2) is 0 Å². The molecule has 0 aromatic heterocycles. The zero-order chi connectivity index (χ0) is 13.1. The van der Waals surface area contributed by atoms with Crippen LogP contribution in [-0.4, -0.2) is 35.8 Å². The van der Waals surface area contributed by atoms with Crippen LogP contribution in [0.1, 0.15) is 19.3 Å². The lowest BCUT2D eigenvalue weighted by atomic mass is 10.0. The molecular formula is C9H20N3O3PS. The molecule has 0 saturated heterocycles. The first-order valence-electron chi connectivity index (χ1n) is 5.39. The summed E-state index contributed by atoms with van der Waals surface area (Å²) in [5.41, 5.74) is 0. The van der Waals surface area contributed by atoms with Crippen LogP contribution in [0.3, 0.4) is 0 Å². The zero-order valence-electron chi connectivity index (χ0n) is 9.65. The van der Waals surface area contributed by atoms with Crippen molar-refractivity contribution in [1.82, 2.24) is 10.4 Å². The van der Waals surface area contributed by atoms with Gasteiger partial charge in [-0.1, -0.05) is 18.4 Å². The third-order valence-corrected chi connectivity index (χ3v) is 2.97. The molecule has 1 amide bonds. The predicted molar refractivity (Wildman–Crippen MR) is 72.3 cm³/mol. The normalized spacial score (nSPS) is 12.1. The van der Waals surface area contributed by atoms with E-state index in [1.165, 1.54) is 11.9 Å². The molecule has 0 heterocycles. The number of nitrogens with one attached hydrogen (secondary N) is 2. The first-order chi connectivity index (χ1) is 8.13. The standard InChI is InChI=1S/C9H20N3O3PS/c10-17-6-5-11-4-2-1-3-7(9(14)15)8(13)12-16/h7,11H,1-6,10,16H2,(H,12,13)(H,14,15). The summed E-state index contributed by atoms with van der Waals surface area (Å²) in [5.74, 6) is -1.63. The van der Waals surface area contributed by atoms with Crippen LogP contribution in [0.25, 0.3) is 0 Å². The number of nitrogens with two attached hydrogens (primary N) is 1. The largest absolute Gasteiger partial charge is 0.481 e. The molecule has 0 radical (unpaired) electrons. The molecule has 100 valence electrons. The van der Waals surface area contributed by atoms with Gasteiger partial charge in [0.2, 0.25) is 5.91 Å². The van der Waals surface area contributed by atoms with Crippen molar-refractivity contribution in [3.05, 3.63) is 0 Å². The van der Waals surface area contributed by atoms with Crippen LogP contribution in [-0.2, 0) is 9.59 Å². The van der Waals surface area contributed by atoms with Crippen molar-refractivity contribution in [2.75, 3.05) is 18.8 Å². The van der Waals surface area contributed by atoms with E-state index in [-0.39, 0.29) is 0 Å². The molecule has 0 saturated carbocycles. The van der Waals surface area contributed by atoms with Crippen LogP contribution < -0.4 is 15.5 Å². The molecule has 2 atom stereocenters. The van der Waals surface area contributed by atoms with Gasteiger partial charge in [-0.15, -0.1) is 0 Å². The molecule has 0 bridgehead atoms. The SMILES string of the molecule is NSCCNCCCCC(C(=O)O)C(=O)NP. The molecule has 17 heavy (non-hydrogen) atoms. The Morgan fingerprint density at radius 3 is 2.59 bits per heavy atom. The summed E-state index contributed by atoms with van der Waals surface area (Å²) in [6.45, 7) is 1.66. The van der Waals surface area contributed by atoms with Crippen molar-refractivity contribution in [2.24, 2.45) is 11.1 Å².